The highest BCUT2D eigenvalue weighted by Crippen LogP contribution is 2.25. The normalized spacial score (nSPS) is 11.8. The van der Waals surface area contributed by atoms with E-state index in [1.54, 1.807) is 0 Å². The number of benzene rings is 1. The SMILES string of the molecule is C/C(CBr)=N\Nc1nnc(Cl)c2ccccc12. The number of rotatable bonds is 3. The number of hydrogen-bond donors (Lipinski definition) is 1. The van der Waals surface area contributed by atoms with Crippen molar-refractivity contribution in [2.24, 2.45) is 5.10 Å². The molecule has 0 saturated heterocycles. The first-order valence-electron chi connectivity index (χ1n) is 4.98. The van der Waals surface area contributed by atoms with Crippen molar-refractivity contribution in [1.82, 2.24) is 10.2 Å². The second-order valence-electron chi connectivity index (χ2n) is 3.48. The van der Waals surface area contributed by atoms with E-state index in [9.17, 15) is 0 Å². The molecule has 6 heteroatoms. The summed E-state index contributed by atoms with van der Waals surface area (Å²) >= 11 is 9.30. The summed E-state index contributed by atoms with van der Waals surface area (Å²) in [6.45, 7) is 1.91. The fourth-order valence-corrected chi connectivity index (χ4v) is 1.66. The molecule has 0 radical (unpaired) electrons. The molecule has 1 heterocycles. The largest absolute Gasteiger partial charge is 0.259 e. The van der Waals surface area contributed by atoms with Gasteiger partial charge in [0.25, 0.3) is 0 Å². The van der Waals surface area contributed by atoms with Crippen molar-refractivity contribution in [2.75, 3.05) is 10.8 Å². The molecule has 0 spiro atoms. The average molecular weight is 314 g/mol. The highest BCUT2D eigenvalue weighted by molar-refractivity contribution is 9.09. The number of aromatic nitrogens is 2. The third kappa shape index (κ3) is 2.73. The van der Waals surface area contributed by atoms with Crippen LogP contribution < -0.4 is 5.43 Å². The van der Waals surface area contributed by atoms with E-state index < -0.39 is 0 Å². The molecular weight excluding hydrogens is 304 g/mol. The minimum absolute atomic E-state index is 0.396. The van der Waals surface area contributed by atoms with Crippen LogP contribution in [0.25, 0.3) is 10.8 Å². The van der Waals surface area contributed by atoms with Crippen molar-refractivity contribution in [1.29, 1.82) is 0 Å². The maximum Gasteiger partial charge on any atom is 0.176 e. The van der Waals surface area contributed by atoms with E-state index in [1.807, 2.05) is 31.2 Å². The van der Waals surface area contributed by atoms with Crippen LogP contribution in [-0.2, 0) is 0 Å². The van der Waals surface area contributed by atoms with Crippen LogP contribution in [0.5, 0.6) is 0 Å². The van der Waals surface area contributed by atoms with E-state index >= 15 is 0 Å². The van der Waals surface area contributed by atoms with E-state index in [-0.39, 0.29) is 0 Å². The van der Waals surface area contributed by atoms with Gasteiger partial charge in [0, 0.05) is 21.8 Å². The Kier molecular flexibility index (Phi) is 3.91. The minimum Gasteiger partial charge on any atom is -0.259 e. The maximum absolute atomic E-state index is 5.97. The molecule has 0 unspecified atom stereocenters. The Balaban J connectivity index is 2.45. The Morgan fingerprint density at radius 1 is 1.35 bits per heavy atom. The third-order valence-electron chi connectivity index (χ3n) is 2.19. The number of fused-ring (bicyclic) bond motifs is 1. The summed E-state index contributed by atoms with van der Waals surface area (Å²) in [5.41, 5.74) is 3.81. The van der Waals surface area contributed by atoms with Crippen LogP contribution in [-0.4, -0.2) is 21.2 Å². The Bertz CT molecular complexity index is 570. The fourth-order valence-electron chi connectivity index (χ4n) is 1.33. The minimum atomic E-state index is 0.396. The van der Waals surface area contributed by atoms with E-state index in [2.05, 4.69) is 36.7 Å². The van der Waals surface area contributed by atoms with Crippen LogP contribution >= 0.6 is 27.5 Å². The Morgan fingerprint density at radius 3 is 2.76 bits per heavy atom. The molecule has 2 rings (SSSR count). The molecule has 1 aromatic carbocycles. The number of hydrazone groups is 1. The standard InChI is InChI=1S/C11H10BrClN4/c1-7(6-12)14-16-11-9-5-3-2-4-8(9)10(13)15-17-11/h2-5H,6H2,1H3,(H,16,17)/b14-7+. The van der Waals surface area contributed by atoms with Gasteiger partial charge in [0.05, 0.1) is 0 Å². The molecule has 1 N–H and O–H groups in total. The van der Waals surface area contributed by atoms with Crippen LogP contribution in [0.1, 0.15) is 6.92 Å². The van der Waals surface area contributed by atoms with Gasteiger partial charge < -0.3 is 0 Å². The molecule has 0 fully saturated rings. The molecule has 0 bridgehead atoms. The lowest BCUT2D eigenvalue weighted by Crippen LogP contribution is -2.01. The highest BCUT2D eigenvalue weighted by Gasteiger charge is 2.06. The molecule has 0 saturated carbocycles. The summed E-state index contributed by atoms with van der Waals surface area (Å²) < 4.78 is 0. The number of alkyl halides is 1. The van der Waals surface area contributed by atoms with E-state index in [4.69, 9.17) is 11.6 Å². The summed E-state index contributed by atoms with van der Waals surface area (Å²) in [5.74, 6) is 0.602. The van der Waals surface area contributed by atoms with E-state index in [0.717, 1.165) is 16.5 Å². The quantitative estimate of drug-likeness (QED) is 0.536. The number of hydrogen-bond acceptors (Lipinski definition) is 4. The van der Waals surface area contributed by atoms with Crippen LogP contribution in [0, 0.1) is 0 Å². The van der Waals surface area contributed by atoms with Gasteiger partial charge in [-0.25, -0.2) is 0 Å². The van der Waals surface area contributed by atoms with Crippen LogP contribution in [0.15, 0.2) is 29.4 Å². The topological polar surface area (TPSA) is 50.2 Å². The van der Waals surface area contributed by atoms with Gasteiger partial charge in [-0.05, 0) is 6.92 Å². The number of anilines is 1. The summed E-state index contributed by atoms with van der Waals surface area (Å²) in [6.07, 6.45) is 0. The van der Waals surface area contributed by atoms with Crippen molar-refractivity contribution in [2.45, 2.75) is 6.92 Å². The van der Waals surface area contributed by atoms with Gasteiger partial charge in [0.1, 0.15) is 0 Å². The lowest BCUT2D eigenvalue weighted by Gasteiger charge is -2.05. The Labute approximate surface area is 112 Å². The molecule has 88 valence electrons. The average Bonchev–Trinajstić information content (AvgIpc) is 2.38. The number of nitrogens with zero attached hydrogens (tertiary/aromatic N) is 3. The van der Waals surface area contributed by atoms with Gasteiger partial charge >= 0.3 is 0 Å². The molecule has 1 aromatic heterocycles. The fraction of sp³-hybridized carbons (Fsp3) is 0.182. The van der Waals surface area contributed by atoms with E-state index in [0.29, 0.717) is 16.3 Å². The summed E-state index contributed by atoms with van der Waals surface area (Å²) in [4.78, 5) is 0. The number of halogens is 2. The van der Waals surface area contributed by atoms with Crippen LogP contribution in [0.4, 0.5) is 5.82 Å². The van der Waals surface area contributed by atoms with Gasteiger partial charge in [0.15, 0.2) is 11.0 Å². The molecule has 0 atom stereocenters. The Hall–Kier alpha value is -1.20. The highest BCUT2D eigenvalue weighted by atomic mass is 79.9. The van der Waals surface area contributed by atoms with Crippen LogP contribution in [0.3, 0.4) is 0 Å². The lowest BCUT2D eigenvalue weighted by molar-refractivity contribution is 1.04. The first-order chi connectivity index (χ1) is 8.22. The first-order valence-corrected chi connectivity index (χ1v) is 6.48. The van der Waals surface area contributed by atoms with Gasteiger partial charge in [-0.3, -0.25) is 5.43 Å². The molecule has 0 amide bonds. The molecule has 0 aliphatic carbocycles. The van der Waals surface area contributed by atoms with Crippen molar-refractivity contribution in [3.63, 3.8) is 0 Å². The zero-order valence-electron chi connectivity index (χ0n) is 9.11. The molecule has 4 nitrogen and oxygen atoms in total. The van der Waals surface area contributed by atoms with Gasteiger partial charge in [0.2, 0.25) is 0 Å². The van der Waals surface area contributed by atoms with Crippen molar-refractivity contribution >= 4 is 49.8 Å². The smallest absolute Gasteiger partial charge is 0.176 e. The molecular formula is C11H10BrClN4. The van der Waals surface area contributed by atoms with Crippen molar-refractivity contribution < 1.29 is 0 Å². The third-order valence-corrected chi connectivity index (χ3v) is 3.28. The molecule has 17 heavy (non-hydrogen) atoms. The summed E-state index contributed by atoms with van der Waals surface area (Å²) in [6, 6.07) is 7.66. The maximum atomic E-state index is 5.97. The zero-order chi connectivity index (χ0) is 12.3. The molecule has 0 aliphatic rings. The van der Waals surface area contributed by atoms with Gasteiger partial charge in [-0.15, -0.1) is 10.2 Å². The molecule has 2 aromatic rings. The lowest BCUT2D eigenvalue weighted by atomic mass is 10.2. The predicted octanol–water partition coefficient (Wildman–Crippen LogP) is 3.47. The van der Waals surface area contributed by atoms with Crippen LogP contribution in [0.2, 0.25) is 5.15 Å². The second kappa shape index (κ2) is 5.42. The van der Waals surface area contributed by atoms with Crippen molar-refractivity contribution in [3.8, 4) is 0 Å². The summed E-state index contributed by atoms with van der Waals surface area (Å²) in [5, 5.41) is 14.9. The van der Waals surface area contributed by atoms with Gasteiger partial charge in [-0.2, -0.15) is 5.10 Å². The Morgan fingerprint density at radius 2 is 2.06 bits per heavy atom. The first kappa shape index (κ1) is 12.3. The summed E-state index contributed by atoms with van der Waals surface area (Å²) in [7, 11) is 0. The van der Waals surface area contributed by atoms with Gasteiger partial charge in [-0.1, -0.05) is 51.8 Å². The monoisotopic (exact) mass is 312 g/mol. The van der Waals surface area contributed by atoms with Crippen molar-refractivity contribution in [3.05, 3.63) is 29.4 Å². The second-order valence-corrected chi connectivity index (χ2v) is 4.40. The molecule has 0 aliphatic heterocycles. The zero-order valence-corrected chi connectivity index (χ0v) is 11.5. The predicted molar refractivity (Wildman–Crippen MR) is 75.1 cm³/mol. The van der Waals surface area contributed by atoms with E-state index in [1.165, 1.54) is 0 Å². The number of nitrogens with one attached hydrogen (secondary N) is 1.